The van der Waals surface area contributed by atoms with Crippen molar-refractivity contribution < 1.29 is 15.0 Å². The van der Waals surface area contributed by atoms with E-state index in [1.165, 1.54) is 283 Å². The molecule has 0 spiro atoms. The molecule has 0 saturated carbocycles. The third-order valence-electron chi connectivity index (χ3n) is 13.5. The van der Waals surface area contributed by atoms with Gasteiger partial charge in [0.2, 0.25) is 5.91 Å². The van der Waals surface area contributed by atoms with Gasteiger partial charge in [0.25, 0.3) is 0 Å². The molecule has 4 heteroatoms. The number of hydrogen-bond acceptors (Lipinski definition) is 3. The smallest absolute Gasteiger partial charge is 0.220 e. The highest BCUT2D eigenvalue weighted by molar-refractivity contribution is 5.76. The van der Waals surface area contributed by atoms with Crippen molar-refractivity contribution in [3.05, 3.63) is 12.2 Å². The summed E-state index contributed by atoms with van der Waals surface area (Å²) in [6.45, 7) is 4.31. The summed E-state index contributed by atoms with van der Waals surface area (Å²) in [5, 5.41) is 22.9. The van der Waals surface area contributed by atoms with Crippen LogP contribution in [0.4, 0.5) is 0 Å². The Morgan fingerprint density at radius 3 is 0.852 bits per heavy atom. The van der Waals surface area contributed by atoms with Crippen LogP contribution in [-0.4, -0.2) is 34.9 Å². The second-order valence-corrected chi connectivity index (χ2v) is 19.7. The number of aliphatic hydroxyl groups excluding tert-OH is 2. The van der Waals surface area contributed by atoms with Crippen LogP contribution in [0.5, 0.6) is 0 Å². The van der Waals surface area contributed by atoms with Crippen LogP contribution >= 0.6 is 0 Å². The molecule has 61 heavy (non-hydrogen) atoms. The Hall–Kier alpha value is -0.870. The van der Waals surface area contributed by atoms with Gasteiger partial charge >= 0.3 is 0 Å². The molecule has 364 valence electrons. The number of carbonyl (C=O) groups excluding carboxylic acids is 1. The monoisotopic (exact) mass is 860 g/mol. The Morgan fingerprint density at radius 2 is 0.607 bits per heavy atom. The highest BCUT2D eigenvalue weighted by atomic mass is 16.3. The van der Waals surface area contributed by atoms with Crippen molar-refractivity contribution in [2.24, 2.45) is 0 Å². The summed E-state index contributed by atoms with van der Waals surface area (Å²) in [6, 6.07) is -0.615. The number of amides is 1. The van der Waals surface area contributed by atoms with Gasteiger partial charge in [-0.15, -0.1) is 0 Å². The first-order chi connectivity index (χ1) is 30.2. The summed E-state index contributed by atoms with van der Waals surface area (Å²) >= 11 is 0. The summed E-state index contributed by atoms with van der Waals surface area (Å²) in [6.07, 6.45) is 69.9. The van der Waals surface area contributed by atoms with Gasteiger partial charge in [-0.05, 0) is 19.3 Å². The first kappa shape index (κ1) is 60.1. The molecule has 0 bridgehead atoms. The SMILES string of the molecule is CCCCCCCCC/C=C/C(O)C(CO)NC(=O)CCCCCCCCCCCCCCCCCCCCCCCCCCCCCCCCCCCCCCCCCC. The molecule has 0 aromatic rings. The molecule has 0 rings (SSSR count). The Kier molecular flexibility index (Phi) is 52.7. The normalized spacial score (nSPS) is 12.8. The van der Waals surface area contributed by atoms with Gasteiger partial charge in [-0.25, -0.2) is 0 Å². The third-order valence-corrected chi connectivity index (χ3v) is 13.5. The second-order valence-electron chi connectivity index (χ2n) is 19.7. The molecule has 0 aromatic heterocycles. The topological polar surface area (TPSA) is 69.6 Å². The van der Waals surface area contributed by atoms with Crippen LogP contribution in [0.25, 0.3) is 0 Å². The van der Waals surface area contributed by atoms with Gasteiger partial charge in [0.1, 0.15) is 0 Å². The van der Waals surface area contributed by atoms with Gasteiger partial charge in [-0.1, -0.05) is 315 Å². The van der Waals surface area contributed by atoms with Crippen LogP contribution in [0.2, 0.25) is 0 Å². The van der Waals surface area contributed by atoms with Crippen molar-refractivity contribution in [2.45, 2.75) is 341 Å². The van der Waals surface area contributed by atoms with E-state index in [0.29, 0.717) is 6.42 Å². The van der Waals surface area contributed by atoms with E-state index in [0.717, 1.165) is 25.7 Å². The van der Waals surface area contributed by atoms with Crippen molar-refractivity contribution >= 4 is 5.91 Å². The first-order valence-electron chi connectivity index (χ1n) is 28.4. The molecular weight excluding hydrogens is 747 g/mol. The predicted molar refractivity (Wildman–Crippen MR) is 272 cm³/mol. The van der Waals surface area contributed by atoms with Gasteiger partial charge in [0.15, 0.2) is 0 Å². The lowest BCUT2D eigenvalue weighted by atomic mass is 10.0. The zero-order valence-corrected chi connectivity index (χ0v) is 42.0. The third kappa shape index (κ3) is 50.0. The number of allylic oxidation sites excluding steroid dienone is 1. The maximum absolute atomic E-state index is 12.4. The number of carbonyl (C=O) groups is 1. The van der Waals surface area contributed by atoms with E-state index < -0.39 is 12.1 Å². The van der Waals surface area contributed by atoms with Crippen LogP contribution in [0.3, 0.4) is 0 Å². The summed E-state index contributed by atoms with van der Waals surface area (Å²) in [5.41, 5.74) is 0. The highest BCUT2D eigenvalue weighted by Gasteiger charge is 2.18. The molecule has 0 radical (unpaired) electrons. The lowest BCUT2D eigenvalue weighted by Gasteiger charge is -2.20. The quantitative estimate of drug-likeness (QED) is 0.0421. The minimum absolute atomic E-state index is 0.0600. The number of hydrogen-bond donors (Lipinski definition) is 3. The first-order valence-corrected chi connectivity index (χ1v) is 28.4. The van der Waals surface area contributed by atoms with Crippen LogP contribution < -0.4 is 5.32 Å². The zero-order valence-electron chi connectivity index (χ0n) is 42.0. The molecular formula is C57H113NO3. The Balaban J connectivity index is 3.29. The Bertz CT molecular complexity index is 844. The summed E-state index contributed by atoms with van der Waals surface area (Å²) in [7, 11) is 0. The van der Waals surface area contributed by atoms with Crippen molar-refractivity contribution in [3.8, 4) is 0 Å². The molecule has 3 N–H and O–H groups in total. The van der Waals surface area contributed by atoms with E-state index in [2.05, 4.69) is 19.2 Å². The lowest BCUT2D eigenvalue weighted by molar-refractivity contribution is -0.123. The number of rotatable bonds is 53. The molecule has 0 saturated heterocycles. The van der Waals surface area contributed by atoms with Gasteiger partial charge < -0.3 is 15.5 Å². The van der Waals surface area contributed by atoms with E-state index in [9.17, 15) is 15.0 Å². The Labute approximate surface area is 384 Å². The zero-order chi connectivity index (χ0) is 44.2. The molecule has 2 unspecified atom stereocenters. The van der Waals surface area contributed by atoms with Crippen LogP contribution in [0.15, 0.2) is 12.2 Å². The van der Waals surface area contributed by atoms with E-state index in [1.807, 2.05) is 6.08 Å². The predicted octanol–water partition coefficient (Wildman–Crippen LogP) is 18.5. The summed E-state index contributed by atoms with van der Waals surface area (Å²) in [4.78, 5) is 12.4. The van der Waals surface area contributed by atoms with Crippen molar-refractivity contribution in [2.75, 3.05) is 6.61 Å². The van der Waals surface area contributed by atoms with Crippen molar-refractivity contribution in [1.29, 1.82) is 0 Å². The van der Waals surface area contributed by atoms with E-state index in [-0.39, 0.29) is 12.5 Å². The van der Waals surface area contributed by atoms with Gasteiger partial charge in [0, 0.05) is 6.42 Å². The number of nitrogens with one attached hydrogen (secondary N) is 1. The van der Waals surface area contributed by atoms with E-state index in [1.54, 1.807) is 6.08 Å². The second kappa shape index (κ2) is 53.5. The minimum Gasteiger partial charge on any atom is -0.394 e. The average Bonchev–Trinajstić information content (AvgIpc) is 3.26. The van der Waals surface area contributed by atoms with Gasteiger partial charge in [0.05, 0.1) is 18.8 Å². The average molecular weight is 861 g/mol. The van der Waals surface area contributed by atoms with Crippen molar-refractivity contribution in [3.63, 3.8) is 0 Å². The molecule has 1 amide bonds. The molecule has 0 aliphatic heterocycles. The molecule has 0 aliphatic carbocycles. The molecule has 0 heterocycles. The molecule has 0 aromatic carbocycles. The van der Waals surface area contributed by atoms with Crippen LogP contribution in [-0.2, 0) is 4.79 Å². The summed E-state index contributed by atoms with van der Waals surface area (Å²) in [5.74, 6) is -0.0600. The fourth-order valence-electron chi connectivity index (χ4n) is 9.18. The van der Waals surface area contributed by atoms with Gasteiger partial charge in [-0.2, -0.15) is 0 Å². The van der Waals surface area contributed by atoms with Crippen molar-refractivity contribution in [1.82, 2.24) is 5.32 Å². The lowest BCUT2D eigenvalue weighted by Crippen LogP contribution is -2.45. The fraction of sp³-hybridized carbons (Fsp3) is 0.947. The summed E-state index contributed by atoms with van der Waals surface area (Å²) < 4.78 is 0. The van der Waals surface area contributed by atoms with Gasteiger partial charge in [-0.3, -0.25) is 4.79 Å². The molecule has 4 nitrogen and oxygen atoms in total. The molecule has 2 atom stereocenters. The minimum atomic E-state index is -0.832. The molecule has 0 fully saturated rings. The maximum atomic E-state index is 12.4. The maximum Gasteiger partial charge on any atom is 0.220 e. The number of aliphatic hydroxyl groups is 2. The highest BCUT2D eigenvalue weighted by Crippen LogP contribution is 2.18. The van der Waals surface area contributed by atoms with E-state index in [4.69, 9.17) is 0 Å². The Morgan fingerprint density at radius 1 is 0.377 bits per heavy atom. The largest absolute Gasteiger partial charge is 0.394 e. The van der Waals surface area contributed by atoms with E-state index >= 15 is 0 Å². The van der Waals surface area contributed by atoms with Crippen LogP contribution in [0, 0.1) is 0 Å². The van der Waals surface area contributed by atoms with Crippen LogP contribution in [0.1, 0.15) is 328 Å². The fourth-order valence-corrected chi connectivity index (χ4v) is 9.18. The standard InChI is InChI=1S/C57H113NO3/c1-3-5-7-9-11-13-14-15-16-17-18-19-20-21-22-23-24-25-26-27-28-29-30-31-32-33-34-35-36-37-38-39-40-41-42-43-45-47-49-51-53-57(61)58-55(54-59)56(60)52-50-48-46-44-12-10-8-6-4-2/h50,52,55-56,59-60H,3-49,51,53-54H2,1-2H3,(H,58,61)/b52-50+. The number of unbranched alkanes of at least 4 members (excludes halogenated alkanes) is 46. The molecule has 0 aliphatic rings.